The van der Waals surface area contributed by atoms with Crippen molar-refractivity contribution in [2.45, 2.75) is 52.4 Å². The predicted molar refractivity (Wildman–Crippen MR) is 151 cm³/mol. The molecule has 0 radical (unpaired) electrons. The molecule has 0 aliphatic carbocycles. The molecule has 3 aromatic rings. The van der Waals surface area contributed by atoms with Gasteiger partial charge in [-0.25, -0.2) is 9.97 Å². The molecule has 1 saturated heterocycles. The Balaban J connectivity index is 1.29. The Morgan fingerprint density at radius 3 is 2.38 bits per heavy atom. The number of benzene rings is 2. The summed E-state index contributed by atoms with van der Waals surface area (Å²) in [5, 5.41) is 0. The fraction of sp³-hybridized carbons (Fsp3) is 0.406. The Morgan fingerprint density at radius 2 is 1.68 bits per heavy atom. The van der Waals surface area contributed by atoms with Crippen molar-refractivity contribution < 1.29 is 4.79 Å². The summed E-state index contributed by atoms with van der Waals surface area (Å²) >= 11 is 0. The van der Waals surface area contributed by atoms with Gasteiger partial charge in [-0.15, -0.1) is 0 Å². The summed E-state index contributed by atoms with van der Waals surface area (Å²) in [5.41, 5.74) is 6.26. The van der Waals surface area contributed by atoms with E-state index < -0.39 is 0 Å². The minimum Gasteiger partial charge on any atom is -0.372 e. The first-order valence-electron chi connectivity index (χ1n) is 13.9. The monoisotopic (exact) mass is 494 g/mol. The molecule has 0 atom stereocenters. The van der Waals surface area contributed by atoms with E-state index in [1.807, 2.05) is 54.4 Å². The highest BCUT2D eigenvalue weighted by molar-refractivity contribution is 6.24. The number of carbonyl (C=O) groups is 1. The maximum atomic E-state index is 13.2. The predicted octanol–water partition coefficient (Wildman–Crippen LogP) is 5.83. The van der Waals surface area contributed by atoms with Crippen LogP contribution >= 0.6 is 0 Å². The van der Waals surface area contributed by atoms with Gasteiger partial charge >= 0.3 is 0 Å². The normalized spacial score (nSPS) is 18.1. The molecule has 1 aromatic heterocycles. The van der Waals surface area contributed by atoms with E-state index in [1.165, 1.54) is 43.6 Å². The van der Waals surface area contributed by atoms with Crippen LogP contribution in [0.25, 0.3) is 11.6 Å². The second-order valence-corrected chi connectivity index (χ2v) is 10.3. The topological polar surface area (TPSA) is 49.3 Å². The molecule has 0 bridgehead atoms. The zero-order chi connectivity index (χ0) is 25.6. The van der Waals surface area contributed by atoms with Crippen molar-refractivity contribution in [2.75, 3.05) is 31.1 Å². The van der Waals surface area contributed by atoms with Crippen LogP contribution in [0.2, 0.25) is 0 Å². The molecule has 2 aliphatic heterocycles. The minimum atomic E-state index is 0.0709. The molecule has 1 fully saturated rings. The van der Waals surface area contributed by atoms with E-state index in [0.29, 0.717) is 18.7 Å². The Kier molecular flexibility index (Phi) is 7.98. The molecule has 2 aromatic carbocycles. The molecule has 0 N–H and O–H groups in total. The van der Waals surface area contributed by atoms with E-state index in [1.54, 1.807) is 0 Å². The molecule has 5 rings (SSSR count). The number of hydrogen-bond acceptors (Lipinski definition) is 4. The standard InChI is InChI=1S/C32H38N4O/c1-3-24-16-19-36(20-17-24)28-13-10-25(11-14-28)12-15-31-33-23-27-22-29(26-8-6-5-7-9-26)32(37)35(4-2)21-18-30(27)34-31/h5-11,13-14,22-24H,3-4,12,15-21H2,1-2H3/b29-22-. The number of rotatable bonds is 7. The largest absolute Gasteiger partial charge is 0.372 e. The van der Waals surface area contributed by atoms with Gasteiger partial charge in [0.2, 0.25) is 0 Å². The lowest BCUT2D eigenvalue weighted by molar-refractivity contribution is -0.124. The first-order valence-corrected chi connectivity index (χ1v) is 13.9. The number of fused-ring (bicyclic) bond motifs is 1. The van der Waals surface area contributed by atoms with Crippen LogP contribution < -0.4 is 4.90 Å². The fourth-order valence-corrected chi connectivity index (χ4v) is 5.49. The van der Waals surface area contributed by atoms with Crippen LogP contribution in [0.5, 0.6) is 0 Å². The Bertz CT molecular complexity index is 1230. The van der Waals surface area contributed by atoms with Crippen molar-refractivity contribution in [3.8, 4) is 0 Å². The highest BCUT2D eigenvalue weighted by Crippen LogP contribution is 2.26. The average Bonchev–Trinajstić information content (AvgIpc) is 2.95. The number of amides is 1. The van der Waals surface area contributed by atoms with Gasteiger partial charge in [-0.2, -0.15) is 0 Å². The average molecular weight is 495 g/mol. The first-order chi connectivity index (χ1) is 18.1. The van der Waals surface area contributed by atoms with Gasteiger partial charge < -0.3 is 9.80 Å². The summed E-state index contributed by atoms with van der Waals surface area (Å²) in [6, 6.07) is 19.0. The van der Waals surface area contributed by atoms with Crippen LogP contribution in [0.15, 0.2) is 60.8 Å². The summed E-state index contributed by atoms with van der Waals surface area (Å²) in [5.74, 6) is 1.84. The van der Waals surface area contributed by atoms with Crippen molar-refractivity contribution in [3.63, 3.8) is 0 Å². The lowest BCUT2D eigenvalue weighted by Crippen LogP contribution is -2.34. The molecular weight excluding hydrogens is 456 g/mol. The van der Waals surface area contributed by atoms with Gasteiger partial charge in [-0.1, -0.05) is 55.8 Å². The molecule has 37 heavy (non-hydrogen) atoms. The van der Waals surface area contributed by atoms with E-state index in [9.17, 15) is 4.79 Å². The molecule has 0 unspecified atom stereocenters. The van der Waals surface area contributed by atoms with Gasteiger partial charge in [-0.3, -0.25) is 4.79 Å². The van der Waals surface area contributed by atoms with Crippen LogP contribution in [-0.2, 0) is 24.1 Å². The Morgan fingerprint density at radius 1 is 0.919 bits per heavy atom. The lowest BCUT2D eigenvalue weighted by Gasteiger charge is -2.33. The number of anilines is 1. The van der Waals surface area contributed by atoms with Gasteiger partial charge in [0, 0.05) is 62.0 Å². The van der Waals surface area contributed by atoms with E-state index >= 15 is 0 Å². The number of likely N-dealkylation sites (N-methyl/N-ethyl adjacent to an activating group) is 1. The number of piperidine rings is 1. The number of aromatic nitrogens is 2. The van der Waals surface area contributed by atoms with Crippen LogP contribution in [0, 0.1) is 5.92 Å². The van der Waals surface area contributed by atoms with Gasteiger partial charge in [0.15, 0.2) is 0 Å². The third kappa shape index (κ3) is 5.93. The second kappa shape index (κ2) is 11.7. The molecule has 1 amide bonds. The summed E-state index contributed by atoms with van der Waals surface area (Å²) in [6.07, 6.45) is 10.3. The SMILES string of the molecule is CCC1CCN(c2ccc(CCc3ncc4c(n3)CCN(CC)C(=O)/C(c3ccccc3)=C\4)cc2)CC1. The number of carbonyl (C=O) groups excluding carboxylic acids is 1. The third-order valence-electron chi connectivity index (χ3n) is 7.98. The molecule has 2 aliphatic rings. The number of hydrogen-bond donors (Lipinski definition) is 0. The van der Waals surface area contributed by atoms with Crippen molar-refractivity contribution in [1.29, 1.82) is 0 Å². The molecule has 0 saturated carbocycles. The number of nitrogens with zero attached hydrogens (tertiary/aromatic N) is 4. The van der Waals surface area contributed by atoms with Gasteiger partial charge in [0.1, 0.15) is 5.82 Å². The molecule has 3 heterocycles. The maximum absolute atomic E-state index is 13.2. The number of aryl methyl sites for hydroxylation is 2. The van der Waals surface area contributed by atoms with Crippen molar-refractivity contribution >= 4 is 23.2 Å². The van der Waals surface area contributed by atoms with Crippen LogP contribution in [0.1, 0.15) is 61.3 Å². The van der Waals surface area contributed by atoms with Gasteiger partial charge in [-0.05, 0) is 61.4 Å². The minimum absolute atomic E-state index is 0.0709. The fourth-order valence-electron chi connectivity index (χ4n) is 5.49. The third-order valence-corrected chi connectivity index (χ3v) is 7.98. The van der Waals surface area contributed by atoms with E-state index in [4.69, 9.17) is 4.98 Å². The van der Waals surface area contributed by atoms with Crippen molar-refractivity contribution in [3.05, 3.63) is 89.0 Å². The molecule has 5 nitrogen and oxygen atoms in total. The van der Waals surface area contributed by atoms with Crippen LogP contribution in [0.3, 0.4) is 0 Å². The zero-order valence-electron chi connectivity index (χ0n) is 22.2. The Labute approximate surface area is 221 Å². The lowest BCUT2D eigenvalue weighted by atomic mass is 9.94. The summed E-state index contributed by atoms with van der Waals surface area (Å²) < 4.78 is 0. The second-order valence-electron chi connectivity index (χ2n) is 10.3. The summed E-state index contributed by atoms with van der Waals surface area (Å²) in [7, 11) is 0. The highest BCUT2D eigenvalue weighted by Gasteiger charge is 2.23. The highest BCUT2D eigenvalue weighted by atomic mass is 16.2. The smallest absolute Gasteiger partial charge is 0.254 e. The first kappa shape index (κ1) is 25.2. The van der Waals surface area contributed by atoms with Crippen molar-refractivity contribution in [2.24, 2.45) is 5.92 Å². The molecule has 192 valence electrons. The summed E-state index contributed by atoms with van der Waals surface area (Å²) in [6.45, 7) is 8.03. The van der Waals surface area contributed by atoms with Crippen LogP contribution in [0.4, 0.5) is 5.69 Å². The van der Waals surface area contributed by atoms with Crippen LogP contribution in [-0.4, -0.2) is 47.0 Å². The van der Waals surface area contributed by atoms with E-state index in [-0.39, 0.29) is 5.91 Å². The maximum Gasteiger partial charge on any atom is 0.254 e. The van der Waals surface area contributed by atoms with E-state index in [2.05, 4.69) is 41.1 Å². The zero-order valence-corrected chi connectivity index (χ0v) is 22.2. The van der Waals surface area contributed by atoms with Gasteiger partial charge in [0.05, 0.1) is 5.69 Å². The van der Waals surface area contributed by atoms with E-state index in [0.717, 1.165) is 47.8 Å². The Hall–Kier alpha value is -3.47. The molecule has 5 heteroatoms. The van der Waals surface area contributed by atoms with Gasteiger partial charge in [0.25, 0.3) is 5.91 Å². The molecular formula is C32H38N4O. The summed E-state index contributed by atoms with van der Waals surface area (Å²) in [4.78, 5) is 27.3. The quantitative estimate of drug-likeness (QED) is 0.414. The molecule has 0 spiro atoms. The van der Waals surface area contributed by atoms with Crippen molar-refractivity contribution in [1.82, 2.24) is 14.9 Å².